The van der Waals surface area contributed by atoms with E-state index in [1.165, 1.54) is 31.2 Å². The molecular formula is C34H49N3O13P2. The molecule has 16 nitrogen and oxygen atoms in total. The van der Waals surface area contributed by atoms with Crippen molar-refractivity contribution >= 4 is 50.6 Å². The summed E-state index contributed by atoms with van der Waals surface area (Å²) in [6.45, 7) is 7.17. The molecule has 0 radical (unpaired) electrons. The van der Waals surface area contributed by atoms with Crippen LogP contribution in [-0.4, -0.2) is 87.3 Å². The Morgan fingerprint density at radius 1 is 0.654 bits per heavy atom. The third-order valence-electron chi connectivity index (χ3n) is 7.21. The van der Waals surface area contributed by atoms with Crippen LogP contribution in [0.1, 0.15) is 74.6 Å². The van der Waals surface area contributed by atoms with Gasteiger partial charge in [-0.1, -0.05) is 18.2 Å². The Morgan fingerprint density at radius 3 is 1.67 bits per heavy atom. The Balaban J connectivity index is 2.39. The standard InChI is InChI=1S/C34H49N3O13P2/c1-7-45-33(41)28(23-30(51(43,46-8-2)47-9-3)52(44,48-10-4)49-11-5)36-29(38)22-21-27(34(42)50-32(40)25-15-13-12-14-16-25)37-31(39)24-17-19-26(35-6)20-18-24/h12-20,27-28,30,35H,7-11,21-23H2,1-6H3,(H,36,38)(H,37,39). The first kappa shape index (κ1) is 44.3. The molecule has 52 heavy (non-hydrogen) atoms. The quantitative estimate of drug-likeness (QED) is 0.0746. The highest BCUT2D eigenvalue weighted by Gasteiger charge is 2.52. The van der Waals surface area contributed by atoms with E-state index in [4.69, 9.17) is 27.6 Å². The van der Waals surface area contributed by atoms with Gasteiger partial charge in [0.05, 0.1) is 38.6 Å². The summed E-state index contributed by atoms with van der Waals surface area (Å²) in [5, 5.41) is 6.27. The number of benzene rings is 2. The Kier molecular flexibility index (Phi) is 18.9. The van der Waals surface area contributed by atoms with Crippen molar-refractivity contribution in [2.24, 2.45) is 0 Å². The van der Waals surface area contributed by atoms with Crippen LogP contribution >= 0.6 is 15.2 Å². The molecule has 0 spiro atoms. The molecule has 0 bridgehead atoms. The van der Waals surface area contributed by atoms with Crippen molar-refractivity contribution in [3.05, 3.63) is 65.7 Å². The van der Waals surface area contributed by atoms with Crippen molar-refractivity contribution in [3.8, 4) is 0 Å². The number of ether oxygens (including phenoxy) is 2. The number of carbonyl (C=O) groups excluding carboxylic acids is 5. The first-order valence-corrected chi connectivity index (χ1v) is 20.2. The van der Waals surface area contributed by atoms with Crippen LogP contribution in [0, 0.1) is 0 Å². The Morgan fingerprint density at radius 2 is 1.19 bits per heavy atom. The molecule has 18 heteroatoms. The average Bonchev–Trinajstić information content (AvgIpc) is 3.12. The molecule has 0 saturated carbocycles. The maximum absolute atomic E-state index is 14.1. The summed E-state index contributed by atoms with van der Waals surface area (Å²) in [6, 6.07) is 11.0. The van der Waals surface area contributed by atoms with E-state index in [1.807, 2.05) is 0 Å². The summed E-state index contributed by atoms with van der Waals surface area (Å²) in [6.07, 6.45) is -1.46. The number of hydrogen-bond acceptors (Lipinski definition) is 14. The SMILES string of the molecule is CCOC(=O)C(CC(P(=O)(OCC)OCC)P(=O)(OCC)OCC)NC(=O)CCC(NC(=O)c1ccc(NC)cc1)C(=O)OC(=O)c1ccccc1. The van der Waals surface area contributed by atoms with Crippen LogP contribution < -0.4 is 16.0 Å². The van der Waals surface area contributed by atoms with E-state index in [0.29, 0.717) is 0 Å². The van der Waals surface area contributed by atoms with E-state index >= 15 is 0 Å². The fourth-order valence-electron chi connectivity index (χ4n) is 4.85. The first-order valence-electron chi connectivity index (χ1n) is 16.9. The summed E-state index contributed by atoms with van der Waals surface area (Å²) in [4.78, 5) is 65.7. The zero-order chi connectivity index (χ0) is 38.7. The summed E-state index contributed by atoms with van der Waals surface area (Å²) in [5.41, 5.74) is 1.000. The molecule has 2 aromatic carbocycles. The van der Waals surface area contributed by atoms with Gasteiger partial charge in [0.25, 0.3) is 5.91 Å². The van der Waals surface area contributed by atoms with Gasteiger partial charge < -0.3 is 43.5 Å². The third-order valence-corrected chi connectivity index (χ3v) is 13.3. The topological polar surface area (TPSA) is 211 Å². The van der Waals surface area contributed by atoms with E-state index in [0.717, 1.165) is 5.69 Å². The van der Waals surface area contributed by atoms with Crippen LogP contribution in [0.4, 0.5) is 5.69 Å². The van der Waals surface area contributed by atoms with Gasteiger partial charge in [0.2, 0.25) is 5.91 Å². The minimum atomic E-state index is -4.32. The number of esters is 3. The van der Waals surface area contributed by atoms with Crippen molar-refractivity contribution in [2.45, 2.75) is 71.4 Å². The van der Waals surface area contributed by atoms with E-state index < -0.39 is 75.2 Å². The zero-order valence-corrected chi connectivity index (χ0v) is 32.1. The largest absolute Gasteiger partial charge is 0.464 e. The number of hydrogen-bond donors (Lipinski definition) is 3. The fourth-order valence-corrected chi connectivity index (χ4v) is 10.3. The highest BCUT2D eigenvalue weighted by molar-refractivity contribution is 7.72. The minimum absolute atomic E-state index is 0.0842. The molecule has 0 aliphatic carbocycles. The molecule has 2 atom stereocenters. The summed E-state index contributed by atoms with van der Waals surface area (Å²) < 4.78 is 60.3. The lowest BCUT2D eigenvalue weighted by atomic mass is 10.1. The van der Waals surface area contributed by atoms with Crippen LogP contribution in [-0.2, 0) is 51.1 Å². The number of anilines is 1. The fraction of sp³-hybridized carbons (Fsp3) is 0.500. The summed E-state index contributed by atoms with van der Waals surface area (Å²) in [7, 11) is -6.93. The molecule has 2 rings (SSSR count). The molecule has 2 unspecified atom stereocenters. The number of carbonyl (C=O) groups is 5. The van der Waals surface area contributed by atoms with Crippen molar-refractivity contribution in [1.82, 2.24) is 10.6 Å². The van der Waals surface area contributed by atoms with E-state index in [-0.39, 0.29) is 50.6 Å². The van der Waals surface area contributed by atoms with Crippen molar-refractivity contribution < 1.29 is 60.7 Å². The molecule has 0 saturated heterocycles. The second kappa shape index (κ2) is 22.2. The molecule has 3 N–H and O–H groups in total. The normalized spacial score (nSPS) is 12.8. The Labute approximate surface area is 304 Å². The maximum atomic E-state index is 14.1. The smallest absolute Gasteiger partial charge is 0.345 e. The van der Waals surface area contributed by atoms with Crippen LogP contribution in [0.2, 0.25) is 0 Å². The van der Waals surface area contributed by atoms with Gasteiger partial charge in [-0.15, -0.1) is 0 Å². The lowest BCUT2D eigenvalue weighted by Crippen LogP contribution is -2.46. The Hall–Kier alpha value is -3.91. The Bertz CT molecular complexity index is 1520. The molecule has 0 heterocycles. The maximum Gasteiger partial charge on any atom is 0.345 e. The summed E-state index contributed by atoms with van der Waals surface area (Å²) in [5.74, 6) is -4.56. The molecule has 0 aromatic heterocycles. The molecule has 2 aromatic rings. The second-order valence-corrected chi connectivity index (χ2v) is 15.7. The molecule has 0 aliphatic heterocycles. The highest BCUT2D eigenvalue weighted by atomic mass is 31.2. The first-order chi connectivity index (χ1) is 24.8. The predicted molar refractivity (Wildman–Crippen MR) is 192 cm³/mol. The predicted octanol–water partition coefficient (Wildman–Crippen LogP) is 5.29. The molecule has 0 fully saturated rings. The van der Waals surface area contributed by atoms with Gasteiger partial charge >= 0.3 is 33.1 Å². The number of rotatable bonds is 23. The lowest BCUT2D eigenvalue weighted by molar-refractivity contribution is -0.147. The van der Waals surface area contributed by atoms with Gasteiger partial charge in [0, 0.05) is 31.1 Å². The number of amides is 2. The van der Waals surface area contributed by atoms with Gasteiger partial charge in [0.1, 0.15) is 12.1 Å². The van der Waals surface area contributed by atoms with E-state index in [1.54, 1.807) is 65.1 Å². The monoisotopic (exact) mass is 769 g/mol. The van der Waals surface area contributed by atoms with Gasteiger partial charge in [-0.25, -0.2) is 14.4 Å². The van der Waals surface area contributed by atoms with Crippen LogP contribution in [0.5, 0.6) is 0 Å². The average molecular weight is 770 g/mol. The zero-order valence-electron chi connectivity index (χ0n) is 30.3. The van der Waals surface area contributed by atoms with Crippen molar-refractivity contribution in [2.75, 3.05) is 45.4 Å². The molecular weight excluding hydrogens is 720 g/mol. The van der Waals surface area contributed by atoms with Crippen LogP contribution in [0.25, 0.3) is 0 Å². The van der Waals surface area contributed by atoms with Crippen molar-refractivity contribution in [1.29, 1.82) is 0 Å². The third kappa shape index (κ3) is 13.3. The van der Waals surface area contributed by atoms with Gasteiger partial charge in [-0.3, -0.25) is 18.7 Å². The second-order valence-electron chi connectivity index (χ2n) is 10.8. The molecule has 0 aliphatic rings. The lowest BCUT2D eigenvalue weighted by Gasteiger charge is -2.33. The highest BCUT2D eigenvalue weighted by Crippen LogP contribution is 2.71. The van der Waals surface area contributed by atoms with Gasteiger partial charge in [-0.2, -0.15) is 0 Å². The van der Waals surface area contributed by atoms with Crippen LogP contribution in [0.3, 0.4) is 0 Å². The van der Waals surface area contributed by atoms with Gasteiger partial charge in [0.15, 0.2) is 5.40 Å². The van der Waals surface area contributed by atoms with Crippen LogP contribution in [0.15, 0.2) is 54.6 Å². The number of nitrogens with one attached hydrogen (secondary N) is 3. The minimum Gasteiger partial charge on any atom is -0.464 e. The van der Waals surface area contributed by atoms with Gasteiger partial charge in [-0.05, 0) is 77.4 Å². The molecule has 2 amide bonds. The van der Waals surface area contributed by atoms with Crippen molar-refractivity contribution in [3.63, 3.8) is 0 Å². The summed E-state index contributed by atoms with van der Waals surface area (Å²) >= 11 is 0. The molecule has 288 valence electrons. The van der Waals surface area contributed by atoms with E-state index in [9.17, 15) is 33.1 Å². The van der Waals surface area contributed by atoms with E-state index in [2.05, 4.69) is 16.0 Å².